The Morgan fingerprint density at radius 3 is 1.71 bits per heavy atom. The van der Waals surface area contributed by atoms with Gasteiger partial charge in [-0.2, -0.15) is 0 Å². The topological polar surface area (TPSA) is 6.48 Å². The number of hydrogen-bond donors (Lipinski definition) is 0. The number of hydrogen-bond acceptors (Lipinski definition) is 2. The molecule has 0 aromatic heterocycles. The Kier molecular flexibility index (Phi) is 8.60. The normalized spacial score (nSPS) is 12.7. The summed E-state index contributed by atoms with van der Waals surface area (Å²) in [5, 5.41) is 3.76. The molecule has 0 N–H and O–H groups in total. The lowest BCUT2D eigenvalue weighted by atomic mass is 9.82. The first-order valence-electron chi connectivity index (χ1n) is 19.5. The van der Waals surface area contributed by atoms with Crippen molar-refractivity contribution in [1.82, 2.24) is 0 Å². The zero-order valence-corrected chi connectivity index (χ0v) is 32.2. The van der Waals surface area contributed by atoms with Crippen molar-refractivity contribution in [3.63, 3.8) is 0 Å². The lowest BCUT2D eigenvalue weighted by Gasteiger charge is -2.29. The lowest BCUT2D eigenvalue weighted by molar-refractivity contribution is 0.461. The number of rotatable bonds is 7. The van der Waals surface area contributed by atoms with E-state index in [0.717, 1.165) is 32.9 Å². The van der Waals surface area contributed by atoms with Crippen molar-refractivity contribution in [2.45, 2.75) is 19.3 Å². The van der Waals surface area contributed by atoms with Gasteiger partial charge in [-0.15, -0.1) is 0 Å². The summed E-state index contributed by atoms with van der Waals surface area (Å²) in [5.74, 6) is -5.97. The molecule has 0 saturated carbocycles. The Morgan fingerprint density at radius 1 is 0.390 bits per heavy atom. The fraction of sp³-hybridized carbons (Fsp3) is 0.0566. The van der Waals surface area contributed by atoms with Crippen LogP contribution in [0, 0.1) is 23.3 Å². The SMILES string of the molecule is CC1(C)c2ccccc2-c2ccc(N(c3ccc(-c4c(F)c(F)c(N(c5ccccc5)c5ccc6ccccc6c5)c(F)c4F)cc3)c3cccc4ccccc34)cc21. The molecule has 1 aliphatic carbocycles. The summed E-state index contributed by atoms with van der Waals surface area (Å²) in [5.41, 5.74) is 6.10. The van der Waals surface area contributed by atoms with Gasteiger partial charge in [-0.25, -0.2) is 17.6 Å². The molecule has 10 rings (SSSR count). The molecule has 6 heteroatoms. The minimum atomic E-state index is -1.50. The van der Waals surface area contributed by atoms with Crippen LogP contribution in [0.1, 0.15) is 25.0 Å². The number of benzene rings is 9. The largest absolute Gasteiger partial charge is 0.310 e. The van der Waals surface area contributed by atoms with E-state index >= 15 is 17.6 Å². The number of nitrogens with zero attached hydrogens (tertiary/aromatic N) is 2. The highest BCUT2D eigenvalue weighted by atomic mass is 19.2. The molecule has 0 unspecified atom stereocenters. The van der Waals surface area contributed by atoms with Crippen molar-refractivity contribution in [2.75, 3.05) is 9.80 Å². The van der Waals surface area contributed by atoms with E-state index in [9.17, 15) is 0 Å². The molecule has 0 aliphatic heterocycles. The van der Waals surface area contributed by atoms with Crippen LogP contribution in [0.4, 0.5) is 51.7 Å². The molecule has 0 saturated heterocycles. The molecule has 0 spiro atoms. The predicted octanol–water partition coefficient (Wildman–Crippen LogP) is 15.5. The van der Waals surface area contributed by atoms with Gasteiger partial charge >= 0.3 is 0 Å². The molecule has 59 heavy (non-hydrogen) atoms. The fourth-order valence-corrected chi connectivity index (χ4v) is 8.81. The molecule has 1 aliphatic rings. The van der Waals surface area contributed by atoms with Gasteiger partial charge in [-0.1, -0.05) is 141 Å². The van der Waals surface area contributed by atoms with E-state index in [4.69, 9.17) is 0 Å². The summed E-state index contributed by atoms with van der Waals surface area (Å²) in [6, 6.07) is 56.8. The number of anilines is 6. The Balaban J connectivity index is 1.10. The van der Waals surface area contributed by atoms with E-state index in [2.05, 4.69) is 79.4 Å². The maximum atomic E-state index is 16.6. The highest BCUT2D eigenvalue weighted by Gasteiger charge is 2.36. The van der Waals surface area contributed by atoms with Gasteiger partial charge in [-0.3, -0.25) is 0 Å². The van der Waals surface area contributed by atoms with Gasteiger partial charge in [0.1, 0.15) is 5.69 Å². The molecule has 0 heterocycles. The molecule has 0 bridgehead atoms. The van der Waals surface area contributed by atoms with E-state index in [-0.39, 0.29) is 11.0 Å². The van der Waals surface area contributed by atoms with Gasteiger partial charge in [-0.05, 0) is 98.6 Å². The van der Waals surface area contributed by atoms with Gasteiger partial charge < -0.3 is 9.80 Å². The van der Waals surface area contributed by atoms with Crippen LogP contribution >= 0.6 is 0 Å². The maximum absolute atomic E-state index is 16.6. The van der Waals surface area contributed by atoms with Crippen LogP contribution in [0.3, 0.4) is 0 Å². The highest BCUT2D eigenvalue weighted by Crippen LogP contribution is 2.51. The number of halogens is 4. The van der Waals surface area contributed by atoms with Gasteiger partial charge in [0.15, 0.2) is 23.3 Å². The van der Waals surface area contributed by atoms with Crippen molar-refractivity contribution >= 4 is 55.7 Å². The molecule has 0 fully saturated rings. The van der Waals surface area contributed by atoms with E-state index < -0.39 is 34.5 Å². The molecule has 2 nitrogen and oxygen atoms in total. The predicted molar refractivity (Wildman–Crippen MR) is 234 cm³/mol. The Labute approximate surface area is 339 Å². The molecule has 9 aromatic carbocycles. The van der Waals surface area contributed by atoms with Gasteiger partial charge in [0.2, 0.25) is 0 Å². The van der Waals surface area contributed by atoms with Crippen molar-refractivity contribution in [2.24, 2.45) is 0 Å². The summed E-state index contributed by atoms with van der Waals surface area (Å²) < 4.78 is 66.1. The van der Waals surface area contributed by atoms with Crippen LogP contribution in [-0.2, 0) is 5.41 Å². The third-order valence-electron chi connectivity index (χ3n) is 11.7. The first-order valence-corrected chi connectivity index (χ1v) is 19.5. The van der Waals surface area contributed by atoms with E-state index in [0.29, 0.717) is 17.1 Å². The van der Waals surface area contributed by atoms with Crippen molar-refractivity contribution in [3.05, 3.63) is 216 Å². The minimum Gasteiger partial charge on any atom is -0.310 e. The van der Waals surface area contributed by atoms with E-state index in [1.165, 1.54) is 39.3 Å². The summed E-state index contributed by atoms with van der Waals surface area (Å²) in [4.78, 5) is 3.33. The van der Waals surface area contributed by atoms with Crippen molar-refractivity contribution in [1.29, 1.82) is 0 Å². The van der Waals surface area contributed by atoms with Gasteiger partial charge in [0.05, 0.1) is 11.3 Å². The first-order chi connectivity index (χ1) is 28.7. The number of para-hydroxylation sites is 1. The van der Waals surface area contributed by atoms with Crippen molar-refractivity contribution in [3.8, 4) is 22.3 Å². The summed E-state index contributed by atoms with van der Waals surface area (Å²) in [7, 11) is 0. The second-order valence-corrected chi connectivity index (χ2v) is 15.5. The molecule has 9 aromatic rings. The second-order valence-electron chi connectivity index (χ2n) is 15.5. The minimum absolute atomic E-state index is 0.00604. The van der Waals surface area contributed by atoms with E-state index in [1.807, 2.05) is 54.6 Å². The van der Waals surface area contributed by atoms with Crippen LogP contribution in [0.25, 0.3) is 43.8 Å². The van der Waals surface area contributed by atoms with Crippen LogP contribution < -0.4 is 9.80 Å². The number of fused-ring (bicyclic) bond motifs is 5. The Bertz CT molecular complexity index is 3050. The van der Waals surface area contributed by atoms with Crippen LogP contribution in [0.2, 0.25) is 0 Å². The molecule has 0 radical (unpaired) electrons. The van der Waals surface area contributed by atoms with Crippen LogP contribution in [-0.4, -0.2) is 0 Å². The van der Waals surface area contributed by atoms with Crippen LogP contribution in [0.15, 0.2) is 182 Å². The zero-order valence-electron chi connectivity index (χ0n) is 32.2. The second kappa shape index (κ2) is 14.0. The Morgan fingerprint density at radius 2 is 0.949 bits per heavy atom. The molecule has 286 valence electrons. The molecular formula is C53H36F4N2. The van der Waals surface area contributed by atoms with Crippen molar-refractivity contribution < 1.29 is 17.6 Å². The highest BCUT2D eigenvalue weighted by molar-refractivity contribution is 5.99. The molecule has 0 amide bonds. The summed E-state index contributed by atoms with van der Waals surface area (Å²) >= 11 is 0. The third kappa shape index (κ3) is 5.86. The lowest BCUT2D eigenvalue weighted by Crippen LogP contribution is -2.17. The average Bonchev–Trinajstić information content (AvgIpc) is 3.50. The fourth-order valence-electron chi connectivity index (χ4n) is 8.81. The average molecular weight is 777 g/mol. The summed E-state index contributed by atoms with van der Waals surface area (Å²) in [6.07, 6.45) is 0. The Hall–Kier alpha value is -7.18. The van der Waals surface area contributed by atoms with Crippen LogP contribution in [0.5, 0.6) is 0 Å². The maximum Gasteiger partial charge on any atom is 0.186 e. The zero-order chi connectivity index (χ0) is 40.4. The summed E-state index contributed by atoms with van der Waals surface area (Å²) in [6.45, 7) is 4.46. The monoisotopic (exact) mass is 776 g/mol. The standard InChI is InChI=1S/C53H36F4N2/c1-53(2)44-21-11-10-20-42(44)43-30-29-40(32-45(43)53)58(46-22-12-16-34-14-8-9-19-41(34)46)38-26-24-35(25-27-38)47-48(54)50(56)52(51(57)49(47)55)59(37-17-4-3-5-18-37)39-28-23-33-13-6-7-15-36(33)31-39/h3-32H,1-2H3. The first kappa shape index (κ1) is 36.2. The smallest absolute Gasteiger partial charge is 0.186 e. The van der Waals surface area contributed by atoms with E-state index in [1.54, 1.807) is 54.6 Å². The van der Waals surface area contributed by atoms with Gasteiger partial charge in [0, 0.05) is 33.6 Å². The quantitative estimate of drug-likeness (QED) is 0.117. The molecular weight excluding hydrogens is 741 g/mol. The molecule has 0 atom stereocenters. The van der Waals surface area contributed by atoms with Gasteiger partial charge in [0.25, 0.3) is 0 Å². The third-order valence-corrected chi connectivity index (χ3v) is 11.7.